The predicted octanol–water partition coefficient (Wildman–Crippen LogP) is 1.96. The first-order valence-electron chi connectivity index (χ1n) is 7.03. The molecule has 2 aliphatic rings. The summed E-state index contributed by atoms with van der Waals surface area (Å²) in [6.45, 7) is 6.64. The van der Waals surface area contributed by atoms with Crippen LogP contribution in [0.15, 0.2) is 12.5 Å². The van der Waals surface area contributed by atoms with Gasteiger partial charge in [0, 0.05) is 36.9 Å². The summed E-state index contributed by atoms with van der Waals surface area (Å²) in [6.07, 6.45) is 7.54. The van der Waals surface area contributed by atoms with E-state index in [-0.39, 0.29) is 0 Å². The highest BCUT2D eigenvalue weighted by molar-refractivity contribution is 5.47. The zero-order valence-electron chi connectivity index (χ0n) is 11.3. The molecule has 0 radical (unpaired) electrons. The van der Waals surface area contributed by atoms with Gasteiger partial charge in [-0.1, -0.05) is 6.92 Å². The molecule has 18 heavy (non-hydrogen) atoms. The Labute approximate surface area is 109 Å². The van der Waals surface area contributed by atoms with Gasteiger partial charge >= 0.3 is 0 Å². The lowest BCUT2D eigenvalue weighted by atomic mass is 10.1. The zero-order valence-corrected chi connectivity index (χ0v) is 11.3. The number of aromatic nitrogens is 2. The van der Waals surface area contributed by atoms with E-state index in [1.54, 1.807) is 6.33 Å². The third-order valence-electron chi connectivity index (χ3n) is 3.98. The standard InChI is InChI=1S/C14H22N4/c1-10-5-11(2)18(8-10)14-12(6-15-9-17-14)7-16-13-3-4-13/h6,9-11,13,16H,3-5,7-8H2,1-2H3. The molecule has 1 aliphatic carbocycles. The smallest absolute Gasteiger partial charge is 0.136 e. The average molecular weight is 246 g/mol. The second kappa shape index (κ2) is 4.84. The summed E-state index contributed by atoms with van der Waals surface area (Å²) in [4.78, 5) is 11.1. The lowest BCUT2D eigenvalue weighted by molar-refractivity contribution is 0.624. The molecule has 1 aromatic heterocycles. The van der Waals surface area contributed by atoms with Crippen LogP contribution < -0.4 is 10.2 Å². The van der Waals surface area contributed by atoms with Crippen molar-refractivity contribution in [3.8, 4) is 0 Å². The maximum Gasteiger partial charge on any atom is 0.136 e. The van der Waals surface area contributed by atoms with Gasteiger partial charge in [-0.2, -0.15) is 0 Å². The van der Waals surface area contributed by atoms with Crippen LogP contribution in [0.25, 0.3) is 0 Å². The van der Waals surface area contributed by atoms with Crippen LogP contribution in [0.1, 0.15) is 38.7 Å². The summed E-state index contributed by atoms with van der Waals surface area (Å²) in [5, 5.41) is 3.56. The van der Waals surface area contributed by atoms with Gasteiger partial charge in [-0.25, -0.2) is 9.97 Å². The van der Waals surface area contributed by atoms with Crippen LogP contribution in [0, 0.1) is 5.92 Å². The molecule has 1 N–H and O–H groups in total. The van der Waals surface area contributed by atoms with E-state index in [9.17, 15) is 0 Å². The maximum absolute atomic E-state index is 4.52. The van der Waals surface area contributed by atoms with E-state index < -0.39 is 0 Å². The molecule has 2 heterocycles. The van der Waals surface area contributed by atoms with Gasteiger partial charge in [-0.05, 0) is 32.1 Å². The molecule has 2 unspecified atom stereocenters. The van der Waals surface area contributed by atoms with Crippen molar-refractivity contribution in [1.82, 2.24) is 15.3 Å². The van der Waals surface area contributed by atoms with E-state index in [1.165, 1.54) is 24.8 Å². The minimum atomic E-state index is 0.592. The first-order valence-corrected chi connectivity index (χ1v) is 7.03. The van der Waals surface area contributed by atoms with Gasteiger partial charge in [-0.15, -0.1) is 0 Å². The van der Waals surface area contributed by atoms with E-state index in [2.05, 4.69) is 34.0 Å². The summed E-state index contributed by atoms with van der Waals surface area (Å²) >= 11 is 0. The fraction of sp³-hybridized carbons (Fsp3) is 0.714. The molecule has 2 atom stereocenters. The Hall–Kier alpha value is -1.16. The van der Waals surface area contributed by atoms with Crippen LogP contribution in [-0.4, -0.2) is 28.6 Å². The topological polar surface area (TPSA) is 41.1 Å². The Balaban J connectivity index is 1.77. The monoisotopic (exact) mass is 246 g/mol. The summed E-state index contributed by atoms with van der Waals surface area (Å²) in [5.41, 5.74) is 1.24. The number of nitrogens with zero attached hydrogens (tertiary/aromatic N) is 3. The van der Waals surface area contributed by atoms with Gasteiger partial charge in [-0.3, -0.25) is 0 Å². The molecule has 0 spiro atoms. The van der Waals surface area contributed by atoms with Crippen LogP contribution in [0.5, 0.6) is 0 Å². The Morgan fingerprint density at radius 3 is 2.89 bits per heavy atom. The highest BCUT2D eigenvalue weighted by atomic mass is 15.2. The second-order valence-corrected chi connectivity index (χ2v) is 5.87. The van der Waals surface area contributed by atoms with E-state index in [0.29, 0.717) is 6.04 Å². The van der Waals surface area contributed by atoms with E-state index >= 15 is 0 Å². The largest absolute Gasteiger partial charge is 0.353 e. The normalized spacial score (nSPS) is 27.8. The molecule has 1 saturated carbocycles. The van der Waals surface area contributed by atoms with Crippen molar-refractivity contribution >= 4 is 5.82 Å². The summed E-state index contributed by atoms with van der Waals surface area (Å²) in [5.74, 6) is 1.90. The average Bonchev–Trinajstić information content (AvgIpc) is 3.12. The predicted molar refractivity (Wildman–Crippen MR) is 72.5 cm³/mol. The molecule has 1 aromatic rings. The van der Waals surface area contributed by atoms with E-state index in [0.717, 1.165) is 30.9 Å². The van der Waals surface area contributed by atoms with Crippen LogP contribution in [0.4, 0.5) is 5.82 Å². The number of hydrogen-bond donors (Lipinski definition) is 1. The van der Waals surface area contributed by atoms with E-state index in [1.807, 2.05) is 6.20 Å². The number of anilines is 1. The minimum Gasteiger partial charge on any atom is -0.353 e. The lowest BCUT2D eigenvalue weighted by Crippen LogP contribution is -2.30. The molecule has 1 aliphatic heterocycles. The Bertz CT molecular complexity index is 416. The van der Waals surface area contributed by atoms with Gasteiger partial charge in [0.2, 0.25) is 0 Å². The maximum atomic E-state index is 4.52. The Morgan fingerprint density at radius 2 is 2.22 bits per heavy atom. The van der Waals surface area contributed by atoms with Gasteiger partial charge in [0.05, 0.1) is 0 Å². The van der Waals surface area contributed by atoms with Crippen LogP contribution in [-0.2, 0) is 6.54 Å². The third kappa shape index (κ3) is 2.48. The van der Waals surface area contributed by atoms with Crippen molar-refractivity contribution in [3.63, 3.8) is 0 Å². The summed E-state index contributed by atoms with van der Waals surface area (Å²) in [7, 11) is 0. The molecule has 1 saturated heterocycles. The van der Waals surface area contributed by atoms with E-state index in [4.69, 9.17) is 0 Å². The minimum absolute atomic E-state index is 0.592. The summed E-state index contributed by atoms with van der Waals surface area (Å²) < 4.78 is 0. The molecular formula is C14H22N4. The van der Waals surface area contributed by atoms with Crippen molar-refractivity contribution in [2.45, 2.75) is 51.7 Å². The van der Waals surface area contributed by atoms with Crippen molar-refractivity contribution in [2.75, 3.05) is 11.4 Å². The fourth-order valence-corrected chi connectivity index (χ4v) is 2.87. The molecule has 2 fully saturated rings. The van der Waals surface area contributed by atoms with Crippen LogP contribution >= 0.6 is 0 Å². The molecule has 0 amide bonds. The molecule has 3 rings (SSSR count). The summed E-state index contributed by atoms with van der Waals surface area (Å²) in [6, 6.07) is 1.32. The first kappa shape index (κ1) is 11.9. The Morgan fingerprint density at radius 1 is 1.39 bits per heavy atom. The first-order chi connectivity index (χ1) is 8.74. The number of nitrogens with one attached hydrogen (secondary N) is 1. The molecule has 4 nitrogen and oxygen atoms in total. The molecule has 0 aromatic carbocycles. The SMILES string of the molecule is CC1CC(C)N(c2ncncc2CNC2CC2)C1. The number of rotatable bonds is 4. The van der Waals surface area contributed by atoms with Crippen LogP contribution in [0.3, 0.4) is 0 Å². The molecule has 98 valence electrons. The van der Waals surface area contributed by atoms with Gasteiger partial charge in [0.15, 0.2) is 0 Å². The third-order valence-corrected chi connectivity index (χ3v) is 3.98. The van der Waals surface area contributed by atoms with Crippen molar-refractivity contribution < 1.29 is 0 Å². The second-order valence-electron chi connectivity index (χ2n) is 5.87. The van der Waals surface area contributed by atoms with Crippen molar-refractivity contribution in [1.29, 1.82) is 0 Å². The fourth-order valence-electron chi connectivity index (χ4n) is 2.87. The van der Waals surface area contributed by atoms with Crippen molar-refractivity contribution in [2.24, 2.45) is 5.92 Å². The molecular weight excluding hydrogens is 224 g/mol. The van der Waals surface area contributed by atoms with Gasteiger partial charge in [0.1, 0.15) is 12.1 Å². The molecule has 4 heteroatoms. The number of hydrogen-bond acceptors (Lipinski definition) is 4. The van der Waals surface area contributed by atoms with Crippen LogP contribution in [0.2, 0.25) is 0 Å². The highest BCUT2D eigenvalue weighted by Crippen LogP contribution is 2.29. The Kier molecular flexibility index (Phi) is 3.20. The lowest BCUT2D eigenvalue weighted by Gasteiger charge is -2.24. The highest BCUT2D eigenvalue weighted by Gasteiger charge is 2.29. The van der Waals surface area contributed by atoms with Gasteiger partial charge in [0.25, 0.3) is 0 Å². The van der Waals surface area contributed by atoms with Gasteiger partial charge < -0.3 is 10.2 Å². The quantitative estimate of drug-likeness (QED) is 0.882. The molecule has 0 bridgehead atoms. The van der Waals surface area contributed by atoms with Crippen molar-refractivity contribution in [3.05, 3.63) is 18.1 Å². The zero-order chi connectivity index (χ0) is 12.5.